The number of pyridine rings is 2. The van der Waals surface area contributed by atoms with E-state index in [0.29, 0.717) is 30.9 Å². The minimum absolute atomic E-state index is 0.118. The molecule has 3 unspecified atom stereocenters. The SMILES string of the molecule is COc1cc(C(F)(F)CC(C=O)CN2CC3C[C@H](C)C(C2)N3c2ccc(C#N)cn2)ccn1. The molecular weight excluding hydrogens is 428 g/mol. The molecule has 0 spiro atoms. The second-order valence-corrected chi connectivity index (χ2v) is 8.97. The Morgan fingerprint density at radius 1 is 1.33 bits per heavy atom. The maximum absolute atomic E-state index is 14.9. The Kier molecular flexibility index (Phi) is 6.56. The standard InChI is InChI=1S/C24H27F2N5O2/c1-16-7-20-13-30(14-21(16)31(20)22-4-3-17(10-27)11-29-22)12-18(15-32)9-24(25,26)19-5-6-28-23(8-19)33-2/h3-6,8,11,15-16,18,20-21H,7,9,12-14H2,1-2H3/t16-,18?,20?,21?/m0/s1. The summed E-state index contributed by atoms with van der Waals surface area (Å²) in [6.07, 6.45) is 3.91. The van der Waals surface area contributed by atoms with E-state index in [4.69, 9.17) is 10.00 Å². The molecule has 0 aliphatic carbocycles. The van der Waals surface area contributed by atoms with Crippen molar-refractivity contribution in [1.29, 1.82) is 5.26 Å². The average Bonchev–Trinajstić information content (AvgIpc) is 3.03. The predicted octanol–water partition coefficient (Wildman–Crippen LogP) is 3.25. The molecule has 7 nitrogen and oxygen atoms in total. The lowest BCUT2D eigenvalue weighted by Gasteiger charge is -2.43. The number of hydrogen-bond acceptors (Lipinski definition) is 7. The Hall–Kier alpha value is -3.12. The highest BCUT2D eigenvalue weighted by Crippen LogP contribution is 2.39. The molecule has 2 aromatic rings. The molecule has 2 bridgehead atoms. The van der Waals surface area contributed by atoms with Crippen LogP contribution < -0.4 is 9.64 Å². The third-order valence-corrected chi connectivity index (χ3v) is 6.68. The Morgan fingerprint density at radius 3 is 2.79 bits per heavy atom. The molecule has 0 amide bonds. The maximum Gasteiger partial charge on any atom is 0.274 e. The van der Waals surface area contributed by atoms with Gasteiger partial charge in [0.05, 0.1) is 12.7 Å². The molecule has 2 aromatic heterocycles. The fourth-order valence-electron chi connectivity index (χ4n) is 5.11. The molecule has 0 radical (unpaired) electrons. The highest BCUT2D eigenvalue weighted by Gasteiger charge is 2.45. The predicted molar refractivity (Wildman–Crippen MR) is 118 cm³/mol. The number of hydrogen-bond donors (Lipinski definition) is 0. The zero-order valence-corrected chi connectivity index (χ0v) is 18.7. The Balaban J connectivity index is 1.44. The molecular formula is C24H27F2N5O2. The van der Waals surface area contributed by atoms with Crippen LogP contribution in [-0.4, -0.2) is 60.0 Å². The number of carbonyl (C=O) groups excluding carboxylic acids is 1. The quantitative estimate of drug-likeness (QED) is 0.565. The van der Waals surface area contributed by atoms with E-state index in [1.165, 1.54) is 25.4 Å². The van der Waals surface area contributed by atoms with Gasteiger partial charge in [-0.1, -0.05) is 6.92 Å². The van der Waals surface area contributed by atoms with Crippen molar-refractivity contribution in [3.8, 4) is 11.9 Å². The van der Waals surface area contributed by atoms with Gasteiger partial charge in [-0.2, -0.15) is 5.26 Å². The highest BCUT2D eigenvalue weighted by atomic mass is 19.3. The first-order valence-corrected chi connectivity index (χ1v) is 11.0. The van der Waals surface area contributed by atoms with Gasteiger partial charge in [0.15, 0.2) is 0 Å². The highest BCUT2D eigenvalue weighted by molar-refractivity contribution is 5.54. The number of nitrogens with zero attached hydrogens (tertiary/aromatic N) is 5. The van der Waals surface area contributed by atoms with Gasteiger partial charge in [0.2, 0.25) is 5.88 Å². The van der Waals surface area contributed by atoms with Gasteiger partial charge >= 0.3 is 0 Å². The van der Waals surface area contributed by atoms with E-state index in [2.05, 4.69) is 32.8 Å². The van der Waals surface area contributed by atoms with Gasteiger partial charge in [0.1, 0.15) is 18.2 Å². The van der Waals surface area contributed by atoms with E-state index in [1.54, 1.807) is 12.3 Å². The number of anilines is 1. The van der Waals surface area contributed by atoms with Crippen LogP contribution in [0.5, 0.6) is 5.88 Å². The van der Waals surface area contributed by atoms with E-state index >= 15 is 0 Å². The second-order valence-electron chi connectivity index (χ2n) is 8.97. The number of likely N-dealkylation sites (tertiary alicyclic amines) is 1. The van der Waals surface area contributed by atoms with E-state index < -0.39 is 18.3 Å². The lowest BCUT2D eigenvalue weighted by atomic mass is 9.96. The van der Waals surface area contributed by atoms with Gasteiger partial charge in [0, 0.05) is 68.1 Å². The number of piperazine rings is 1. The van der Waals surface area contributed by atoms with Gasteiger partial charge in [-0.15, -0.1) is 0 Å². The fraction of sp³-hybridized carbons (Fsp3) is 0.500. The summed E-state index contributed by atoms with van der Waals surface area (Å²) in [5.41, 5.74) is 0.311. The summed E-state index contributed by atoms with van der Waals surface area (Å²) in [5, 5.41) is 9.02. The summed E-state index contributed by atoms with van der Waals surface area (Å²) in [6, 6.07) is 8.56. The van der Waals surface area contributed by atoms with E-state index in [0.717, 1.165) is 12.2 Å². The molecule has 4 rings (SSSR count). The zero-order valence-electron chi connectivity index (χ0n) is 18.7. The molecule has 0 saturated carbocycles. The van der Waals surface area contributed by atoms with E-state index in [1.807, 2.05) is 6.07 Å². The third kappa shape index (κ3) is 4.81. The van der Waals surface area contributed by atoms with Crippen LogP contribution in [0.1, 0.15) is 30.9 Å². The number of aromatic nitrogens is 2. The molecule has 0 aromatic carbocycles. The Bertz CT molecular complexity index is 1030. The third-order valence-electron chi connectivity index (χ3n) is 6.68. The van der Waals surface area contributed by atoms with Gasteiger partial charge in [-0.3, -0.25) is 4.90 Å². The molecule has 174 valence electrons. The van der Waals surface area contributed by atoms with Crippen LogP contribution in [0, 0.1) is 23.2 Å². The molecule has 33 heavy (non-hydrogen) atoms. The number of rotatable bonds is 8. The summed E-state index contributed by atoms with van der Waals surface area (Å²) in [5.74, 6) is -2.60. The largest absolute Gasteiger partial charge is 0.481 e. The summed E-state index contributed by atoms with van der Waals surface area (Å²) in [7, 11) is 1.38. The van der Waals surface area contributed by atoms with Crippen molar-refractivity contribution in [2.24, 2.45) is 11.8 Å². The lowest BCUT2D eigenvalue weighted by molar-refractivity contribution is -0.116. The number of ether oxygens (including phenoxy) is 1. The first-order valence-electron chi connectivity index (χ1n) is 11.0. The van der Waals surface area contributed by atoms with Gasteiger partial charge in [0.25, 0.3) is 5.92 Å². The topological polar surface area (TPSA) is 82.4 Å². The Morgan fingerprint density at radius 2 is 2.15 bits per heavy atom. The van der Waals surface area contributed by atoms with Gasteiger partial charge in [-0.05, 0) is 30.5 Å². The van der Waals surface area contributed by atoms with Crippen LogP contribution in [0.25, 0.3) is 0 Å². The summed E-state index contributed by atoms with van der Waals surface area (Å²) in [4.78, 5) is 24.5. The maximum atomic E-state index is 14.9. The van der Waals surface area contributed by atoms with E-state index in [9.17, 15) is 13.6 Å². The van der Waals surface area contributed by atoms with Crippen LogP contribution >= 0.6 is 0 Å². The smallest absolute Gasteiger partial charge is 0.274 e. The van der Waals surface area contributed by atoms with Crippen LogP contribution in [0.3, 0.4) is 0 Å². The van der Waals surface area contributed by atoms with Crippen molar-refractivity contribution in [3.05, 3.63) is 47.8 Å². The average molecular weight is 456 g/mol. The summed E-state index contributed by atoms with van der Waals surface area (Å²) >= 11 is 0. The Labute approximate surface area is 192 Å². The fourth-order valence-corrected chi connectivity index (χ4v) is 5.11. The van der Waals surface area contributed by atoms with Crippen molar-refractivity contribution in [2.75, 3.05) is 31.6 Å². The first-order chi connectivity index (χ1) is 15.8. The van der Waals surface area contributed by atoms with Gasteiger partial charge in [-0.25, -0.2) is 18.7 Å². The normalized spacial score (nSPS) is 23.7. The van der Waals surface area contributed by atoms with Crippen LogP contribution in [0.2, 0.25) is 0 Å². The number of methoxy groups -OCH3 is 1. The molecule has 0 N–H and O–H groups in total. The second kappa shape index (κ2) is 9.40. The number of alkyl halides is 2. The number of aldehydes is 1. The molecule has 2 aliphatic rings. The molecule has 4 heterocycles. The number of nitriles is 1. The minimum Gasteiger partial charge on any atom is -0.481 e. The molecule has 4 atom stereocenters. The molecule has 9 heteroatoms. The van der Waals surface area contributed by atoms with Crippen LogP contribution in [0.4, 0.5) is 14.6 Å². The van der Waals surface area contributed by atoms with Crippen molar-refractivity contribution in [2.45, 2.75) is 37.8 Å². The minimum atomic E-state index is -3.16. The number of fused-ring (bicyclic) bond motifs is 2. The molecule has 2 saturated heterocycles. The number of halogens is 2. The summed E-state index contributed by atoms with van der Waals surface area (Å²) < 4.78 is 34.8. The number of carbonyl (C=O) groups is 1. The summed E-state index contributed by atoms with van der Waals surface area (Å²) in [6.45, 7) is 3.84. The van der Waals surface area contributed by atoms with Crippen molar-refractivity contribution < 1.29 is 18.3 Å². The zero-order chi connectivity index (χ0) is 23.6. The lowest BCUT2D eigenvalue weighted by Crippen LogP contribution is -2.56. The molecule has 2 fully saturated rings. The van der Waals surface area contributed by atoms with Gasteiger partial charge < -0.3 is 14.4 Å². The van der Waals surface area contributed by atoms with Crippen molar-refractivity contribution in [3.63, 3.8) is 0 Å². The van der Waals surface area contributed by atoms with Crippen LogP contribution in [-0.2, 0) is 10.7 Å². The van der Waals surface area contributed by atoms with E-state index in [-0.39, 0.29) is 30.1 Å². The first kappa shape index (κ1) is 23.1. The van der Waals surface area contributed by atoms with Crippen LogP contribution in [0.15, 0.2) is 36.7 Å². The van der Waals surface area contributed by atoms with Crippen molar-refractivity contribution in [1.82, 2.24) is 14.9 Å². The molecule has 2 aliphatic heterocycles. The van der Waals surface area contributed by atoms with Crippen molar-refractivity contribution >= 4 is 12.1 Å². The monoisotopic (exact) mass is 455 g/mol.